The van der Waals surface area contributed by atoms with Gasteiger partial charge in [-0.25, -0.2) is 4.68 Å². The Labute approximate surface area is 175 Å². The molecule has 30 heavy (non-hydrogen) atoms. The molecule has 5 nitrogen and oxygen atoms in total. The number of anilines is 1. The van der Waals surface area contributed by atoms with Gasteiger partial charge in [0.05, 0.1) is 12.2 Å². The Hall–Kier alpha value is -3.73. The number of aromatic nitrogens is 3. The lowest BCUT2D eigenvalue weighted by atomic mass is 9.92. The van der Waals surface area contributed by atoms with Crippen molar-refractivity contribution in [1.29, 1.82) is 0 Å². The van der Waals surface area contributed by atoms with Gasteiger partial charge in [-0.2, -0.15) is 0 Å². The molecular weight excluding hydrogens is 372 g/mol. The average Bonchev–Trinajstić information content (AvgIpc) is 3.45. The normalized spacial score (nSPS) is 20.6. The highest BCUT2D eigenvalue weighted by Crippen LogP contribution is 2.37. The van der Waals surface area contributed by atoms with Crippen molar-refractivity contribution in [3.8, 4) is 0 Å². The minimum absolute atomic E-state index is 0.0246. The van der Waals surface area contributed by atoms with E-state index in [2.05, 4.69) is 40.7 Å². The van der Waals surface area contributed by atoms with Gasteiger partial charge in [0.15, 0.2) is 6.04 Å². The molecule has 0 N–H and O–H groups in total. The van der Waals surface area contributed by atoms with Crippen LogP contribution >= 0.6 is 0 Å². The van der Waals surface area contributed by atoms with Crippen LogP contribution in [0.25, 0.3) is 11.6 Å². The number of rotatable bonds is 5. The number of hydrogen-bond donors (Lipinski definition) is 0. The lowest BCUT2D eigenvalue weighted by Crippen LogP contribution is -2.61. The molecule has 3 aromatic rings. The predicted octanol–water partition coefficient (Wildman–Crippen LogP) is 4.60. The molecule has 0 unspecified atom stereocenters. The number of benzene rings is 2. The van der Waals surface area contributed by atoms with Gasteiger partial charge >= 0.3 is 0 Å². The molecule has 2 aliphatic rings. The van der Waals surface area contributed by atoms with E-state index in [1.54, 1.807) is 4.68 Å². The van der Waals surface area contributed by atoms with Gasteiger partial charge in [0.25, 0.3) is 5.91 Å². The summed E-state index contributed by atoms with van der Waals surface area (Å²) in [6, 6.07) is 17.6. The third kappa shape index (κ3) is 3.28. The molecule has 1 aliphatic carbocycles. The predicted molar refractivity (Wildman–Crippen MR) is 119 cm³/mol. The fourth-order valence-corrected chi connectivity index (χ4v) is 3.93. The molecule has 1 amide bonds. The Kier molecular flexibility index (Phi) is 4.64. The fraction of sp³-hybridized carbons (Fsp3) is 0.160. The molecule has 5 rings (SSSR count). The van der Waals surface area contributed by atoms with Crippen molar-refractivity contribution in [2.45, 2.75) is 25.4 Å². The summed E-state index contributed by atoms with van der Waals surface area (Å²) >= 11 is 0. The maximum atomic E-state index is 13.2. The first-order valence-corrected chi connectivity index (χ1v) is 10.1. The SMILES string of the molecule is Cc1ccc(N2C(=O)[C@@H](n3cc(C4=CC=CC4)nn3)[C@H]2/C=C/c2ccccc2)cc1. The van der Waals surface area contributed by atoms with Gasteiger partial charge in [0.2, 0.25) is 0 Å². The summed E-state index contributed by atoms with van der Waals surface area (Å²) in [7, 11) is 0. The van der Waals surface area contributed by atoms with E-state index in [0.29, 0.717) is 0 Å². The standard InChI is InChI=1S/C25H22N4O/c1-18-11-14-21(15-12-18)29-23(16-13-19-7-3-2-4-8-19)24(25(29)30)28-17-22(26-27-28)20-9-5-6-10-20/h2-9,11-17,23-24H,10H2,1H3/b16-13+/t23-,24+/m1/s1. The summed E-state index contributed by atoms with van der Waals surface area (Å²) in [6.45, 7) is 2.04. The minimum Gasteiger partial charge on any atom is -0.301 e. The van der Waals surface area contributed by atoms with Crippen LogP contribution in [0.4, 0.5) is 5.69 Å². The van der Waals surface area contributed by atoms with E-state index in [1.807, 2.05) is 72.6 Å². The second-order valence-electron chi connectivity index (χ2n) is 7.66. The number of hydrogen-bond acceptors (Lipinski definition) is 3. The topological polar surface area (TPSA) is 51.0 Å². The van der Waals surface area contributed by atoms with E-state index in [4.69, 9.17) is 0 Å². The summed E-state index contributed by atoms with van der Waals surface area (Å²) < 4.78 is 1.71. The number of carbonyl (C=O) groups is 1. The summed E-state index contributed by atoms with van der Waals surface area (Å²) in [5.74, 6) is 0.0246. The molecule has 5 heteroatoms. The maximum absolute atomic E-state index is 13.2. The van der Waals surface area contributed by atoms with Crippen LogP contribution < -0.4 is 4.90 Å². The van der Waals surface area contributed by atoms with Crippen molar-refractivity contribution < 1.29 is 4.79 Å². The third-order valence-corrected chi connectivity index (χ3v) is 5.61. The first-order chi connectivity index (χ1) is 14.7. The van der Waals surface area contributed by atoms with Crippen molar-refractivity contribution in [2.24, 2.45) is 0 Å². The smallest absolute Gasteiger partial charge is 0.255 e. The Balaban J connectivity index is 1.47. The number of nitrogens with zero attached hydrogens (tertiary/aromatic N) is 4. The zero-order chi connectivity index (χ0) is 20.5. The van der Waals surface area contributed by atoms with Gasteiger partial charge in [-0.05, 0) is 36.6 Å². The summed E-state index contributed by atoms with van der Waals surface area (Å²) in [5, 5.41) is 8.60. The molecule has 148 valence electrons. The van der Waals surface area contributed by atoms with Gasteiger partial charge < -0.3 is 4.90 Å². The van der Waals surface area contributed by atoms with Crippen LogP contribution in [0.15, 0.2) is 85.1 Å². The van der Waals surface area contributed by atoms with E-state index >= 15 is 0 Å². The molecule has 2 heterocycles. The number of β-lactam (4-membered cyclic amide) rings is 1. The highest BCUT2D eigenvalue weighted by molar-refractivity contribution is 6.05. The van der Waals surface area contributed by atoms with Crippen molar-refractivity contribution in [2.75, 3.05) is 4.90 Å². The van der Waals surface area contributed by atoms with Crippen molar-refractivity contribution in [3.05, 3.63) is 102 Å². The first-order valence-electron chi connectivity index (χ1n) is 10.1. The highest BCUT2D eigenvalue weighted by atomic mass is 16.2. The zero-order valence-electron chi connectivity index (χ0n) is 16.7. The van der Waals surface area contributed by atoms with Crippen LogP contribution in [0, 0.1) is 6.92 Å². The Bertz CT molecular complexity index is 1160. The molecule has 1 aliphatic heterocycles. The van der Waals surface area contributed by atoms with E-state index in [0.717, 1.165) is 28.9 Å². The van der Waals surface area contributed by atoms with Gasteiger partial charge in [-0.15, -0.1) is 5.10 Å². The Morgan fingerprint density at radius 3 is 2.60 bits per heavy atom. The van der Waals surface area contributed by atoms with Crippen LogP contribution in [0.1, 0.15) is 29.3 Å². The van der Waals surface area contributed by atoms with Gasteiger partial charge in [0.1, 0.15) is 5.69 Å². The van der Waals surface area contributed by atoms with Crippen LogP contribution in [0.2, 0.25) is 0 Å². The maximum Gasteiger partial charge on any atom is 0.255 e. The fourth-order valence-electron chi connectivity index (χ4n) is 3.93. The van der Waals surface area contributed by atoms with Crippen LogP contribution in [-0.4, -0.2) is 26.9 Å². The van der Waals surface area contributed by atoms with E-state index in [9.17, 15) is 4.79 Å². The lowest BCUT2D eigenvalue weighted by molar-refractivity contribution is -0.128. The summed E-state index contributed by atoms with van der Waals surface area (Å²) in [5.41, 5.74) is 5.11. The van der Waals surface area contributed by atoms with Crippen molar-refractivity contribution in [3.63, 3.8) is 0 Å². The second kappa shape index (κ2) is 7.59. The van der Waals surface area contributed by atoms with E-state index < -0.39 is 6.04 Å². The molecule has 0 radical (unpaired) electrons. The zero-order valence-corrected chi connectivity index (χ0v) is 16.7. The summed E-state index contributed by atoms with van der Waals surface area (Å²) in [4.78, 5) is 15.0. The monoisotopic (exact) mass is 394 g/mol. The quantitative estimate of drug-likeness (QED) is 0.594. The molecular formula is C25H22N4O. The number of carbonyl (C=O) groups excluding carboxylic acids is 1. The van der Waals surface area contributed by atoms with Crippen LogP contribution in [0.5, 0.6) is 0 Å². The Morgan fingerprint density at radius 2 is 1.87 bits per heavy atom. The van der Waals surface area contributed by atoms with E-state index in [-0.39, 0.29) is 11.9 Å². The third-order valence-electron chi connectivity index (χ3n) is 5.61. The van der Waals surface area contributed by atoms with Crippen molar-refractivity contribution >= 4 is 23.2 Å². The number of allylic oxidation sites excluding steroid dienone is 4. The van der Waals surface area contributed by atoms with Crippen LogP contribution in [-0.2, 0) is 4.79 Å². The molecule has 0 spiro atoms. The average molecular weight is 394 g/mol. The van der Waals surface area contributed by atoms with Gasteiger partial charge in [-0.1, -0.05) is 83.6 Å². The highest BCUT2D eigenvalue weighted by Gasteiger charge is 2.48. The molecule has 1 aromatic heterocycles. The minimum atomic E-state index is -0.400. The van der Waals surface area contributed by atoms with E-state index in [1.165, 1.54) is 5.56 Å². The van der Waals surface area contributed by atoms with Gasteiger partial charge in [-0.3, -0.25) is 4.79 Å². The molecule has 2 aromatic carbocycles. The van der Waals surface area contributed by atoms with Crippen molar-refractivity contribution in [1.82, 2.24) is 15.0 Å². The Morgan fingerprint density at radius 1 is 1.07 bits per heavy atom. The summed E-state index contributed by atoms with van der Waals surface area (Å²) in [6.07, 6.45) is 13.0. The van der Waals surface area contributed by atoms with Gasteiger partial charge in [0, 0.05) is 5.69 Å². The molecule has 0 saturated carbocycles. The molecule has 0 bridgehead atoms. The lowest BCUT2D eigenvalue weighted by Gasteiger charge is -2.45. The molecule has 1 fully saturated rings. The van der Waals surface area contributed by atoms with Crippen LogP contribution in [0.3, 0.4) is 0 Å². The largest absolute Gasteiger partial charge is 0.301 e. The molecule has 2 atom stereocenters. The number of amides is 1. The number of aryl methyl sites for hydroxylation is 1. The first kappa shape index (κ1) is 18.3. The second-order valence-corrected chi connectivity index (χ2v) is 7.66. The molecule has 1 saturated heterocycles.